The van der Waals surface area contributed by atoms with E-state index in [0.717, 1.165) is 25.0 Å². The zero-order valence-electron chi connectivity index (χ0n) is 20.3. The second-order valence-corrected chi connectivity index (χ2v) is 8.68. The molecule has 0 amide bonds. The summed E-state index contributed by atoms with van der Waals surface area (Å²) >= 11 is 0. The summed E-state index contributed by atoms with van der Waals surface area (Å²) in [6.45, 7) is 1.74. The SMILES string of the molecule is COc1cccc(CCCCC#Cc2c(C(=O)CC(C)CC(=O)O)c3cc(C#N)cnc3n2C)c1. The highest BCUT2D eigenvalue weighted by atomic mass is 16.5. The highest BCUT2D eigenvalue weighted by Crippen LogP contribution is 2.27. The van der Waals surface area contributed by atoms with Crippen LogP contribution in [0.2, 0.25) is 0 Å². The van der Waals surface area contributed by atoms with Crippen LogP contribution in [0.25, 0.3) is 11.0 Å². The van der Waals surface area contributed by atoms with E-state index in [-0.39, 0.29) is 24.5 Å². The Morgan fingerprint density at radius 1 is 1.23 bits per heavy atom. The lowest BCUT2D eigenvalue weighted by atomic mass is 9.95. The molecule has 35 heavy (non-hydrogen) atoms. The summed E-state index contributed by atoms with van der Waals surface area (Å²) in [4.78, 5) is 28.7. The fraction of sp³-hybridized carbons (Fsp3) is 0.357. The largest absolute Gasteiger partial charge is 0.497 e. The van der Waals surface area contributed by atoms with Gasteiger partial charge in [0, 0.05) is 37.9 Å². The number of aliphatic carboxylic acids is 1. The van der Waals surface area contributed by atoms with Crippen molar-refractivity contribution in [1.29, 1.82) is 5.26 Å². The number of unbranched alkanes of at least 4 members (excludes halogenated alkanes) is 2. The van der Waals surface area contributed by atoms with Crippen molar-refractivity contribution in [3.8, 4) is 23.7 Å². The minimum Gasteiger partial charge on any atom is -0.497 e. The molecular weight excluding hydrogens is 442 g/mol. The number of ether oxygens (including phenoxy) is 1. The van der Waals surface area contributed by atoms with Crippen LogP contribution in [0.3, 0.4) is 0 Å². The number of ketones is 1. The quantitative estimate of drug-likeness (QED) is 0.256. The number of nitrogens with zero attached hydrogens (tertiary/aromatic N) is 3. The van der Waals surface area contributed by atoms with Crippen molar-refractivity contribution in [3.63, 3.8) is 0 Å². The molecule has 0 radical (unpaired) electrons. The van der Waals surface area contributed by atoms with Crippen LogP contribution in [0.5, 0.6) is 5.75 Å². The van der Waals surface area contributed by atoms with E-state index >= 15 is 0 Å². The maximum atomic E-state index is 13.2. The van der Waals surface area contributed by atoms with Crippen LogP contribution in [-0.2, 0) is 18.3 Å². The van der Waals surface area contributed by atoms with Gasteiger partial charge in [0.15, 0.2) is 5.78 Å². The smallest absolute Gasteiger partial charge is 0.303 e. The first kappa shape index (κ1) is 25.5. The Kier molecular flexibility index (Phi) is 8.64. The second-order valence-electron chi connectivity index (χ2n) is 8.68. The van der Waals surface area contributed by atoms with Crippen LogP contribution in [0, 0.1) is 29.1 Å². The average molecular weight is 472 g/mol. The predicted molar refractivity (Wildman–Crippen MR) is 133 cm³/mol. The number of Topliss-reactive ketones (excluding diaryl/α,β-unsaturated/α-hetero) is 1. The van der Waals surface area contributed by atoms with Crippen LogP contribution >= 0.6 is 0 Å². The number of aryl methyl sites for hydroxylation is 2. The van der Waals surface area contributed by atoms with Crippen molar-refractivity contribution in [2.75, 3.05) is 7.11 Å². The third-order valence-electron chi connectivity index (χ3n) is 5.85. The van der Waals surface area contributed by atoms with Crippen molar-refractivity contribution in [1.82, 2.24) is 9.55 Å². The third kappa shape index (κ3) is 6.49. The molecule has 0 spiro atoms. The second kappa shape index (κ2) is 11.9. The van der Waals surface area contributed by atoms with E-state index in [1.165, 1.54) is 11.8 Å². The fourth-order valence-corrected chi connectivity index (χ4v) is 4.11. The molecule has 2 heterocycles. The Morgan fingerprint density at radius 3 is 2.74 bits per heavy atom. The van der Waals surface area contributed by atoms with Gasteiger partial charge in [0.1, 0.15) is 23.2 Å². The molecule has 1 N–H and O–H groups in total. The van der Waals surface area contributed by atoms with E-state index in [1.54, 1.807) is 31.7 Å². The first-order valence-corrected chi connectivity index (χ1v) is 11.6. The van der Waals surface area contributed by atoms with E-state index in [9.17, 15) is 14.9 Å². The molecule has 0 bridgehead atoms. The highest BCUT2D eigenvalue weighted by molar-refractivity contribution is 6.10. The van der Waals surface area contributed by atoms with Gasteiger partial charge in [0.2, 0.25) is 0 Å². The van der Waals surface area contributed by atoms with Gasteiger partial charge in [-0.05, 0) is 54.9 Å². The third-order valence-corrected chi connectivity index (χ3v) is 5.85. The summed E-state index contributed by atoms with van der Waals surface area (Å²) in [7, 11) is 3.45. The summed E-state index contributed by atoms with van der Waals surface area (Å²) in [6.07, 6.45) is 4.94. The number of hydrogen-bond donors (Lipinski definition) is 1. The van der Waals surface area contributed by atoms with Crippen molar-refractivity contribution in [2.24, 2.45) is 13.0 Å². The van der Waals surface area contributed by atoms with Gasteiger partial charge in [-0.15, -0.1) is 0 Å². The topological polar surface area (TPSA) is 105 Å². The van der Waals surface area contributed by atoms with E-state index < -0.39 is 5.97 Å². The normalized spacial score (nSPS) is 11.4. The summed E-state index contributed by atoms with van der Waals surface area (Å²) in [6, 6.07) is 11.7. The Morgan fingerprint density at radius 2 is 2.03 bits per heavy atom. The van der Waals surface area contributed by atoms with E-state index in [1.807, 2.05) is 18.2 Å². The monoisotopic (exact) mass is 471 g/mol. The molecule has 0 aliphatic heterocycles. The number of carboxylic acids is 1. The number of hydrogen-bond acceptors (Lipinski definition) is 5. The minimum absolute atomic E-state index is 0.0808. The zero-order chi connectivity index (χ0) is 25.4. The van der Waals surface area contributed by atoms with Gasteiger partial charge in [0.25, 0.3) is 0 Å². The Hall–Kier alpha value is -4.10. The van der Waals surface area contributed by atoms with E-state index in [4.69, 9.17) is 9.84 Å². The summed E-state index contributed by atoms with van der Waals surface area (Å²) < 4.78 is 7.04. The summed E-state index contributed by atoms with van der Waals surface area (Å²) in [5.74, 6) is 5.74. The lowest BCUT2D eigenvalue weighted by Crippen LogP contribution is -2.11. The number of fused-ring (bicyclic) bond motifs is 1. The summed E-state index contributed by atoms with van der Waals surface area (Å²) in [5, 5.41) is 18.9. The van der Waals surface area contributed by atoms with Gasteiger partial charge >= 0.3 is 5.97 Å². The van der Waals surface area contributed by atoms with Crippen LogP contribution in [0.4, 0.5) is 0 Å². The Labute approximate surface area is 205 Å². The maximum Gasteiger partial charge on any atom is 0.303 e. The average Bonchev–Trinajstić information content (AvgIpc) is 3.11. The first-order chi connectivity index (χ1) is 16.8. The van der Waals surface area contributed by atoms with Crippen LogP contribution in [-0.4, -0.2) is 33.5 Å². The molecule has 1 atom stereocenters. The molecule has 7 nitrogen and oxygen atoms in total. The van der Waals surface area contributed by atoms with Crippen LogP contribution in [0.1, 0.15) is 66.2 Å². The van der Waals surface area contributed by atoms with Crippen molar-refractivity contribution >= 4 is 22.8 Å². The van der Waals surface area contributed by atoms with Crippen molar-refractivity contribution in [3.05, 3.63) is 58.9 Å². The Bertz CT molecular complexity index is 1340. The van der Waals surface area contributed by atoms with Gasteiger partial charge in [-0.25, -0.2) is 4.98 Å². The van der Waals surface area contributed by atoms with Gasteiger partial charge in [-0.3, -0.25) is 9.59 Å². The Balaban J connectivity index is 1.79. The molecule has 1 unspecified atom stereocenters. The van der Waals surface area contributed by atoms with Crippen molar-refractivity contribution in [2.45, 2.75) is 45.4 Å². The number of nitriles is 1. The lowest BCUT2D eigenvalue weighted by molar-refractivity contribution is -0.137. The number of carbonyl (C=O) groups excluding carboxylic acids is 1. The van der Waals surface area contributed by atoms with E-state index in [2.05, 4.69) is 29.0 Å². The number of carbonyl (C=O) groups is 2. The van der Waals surface area contributed by atoms with Gasteiger partial charge in [0.05, 0.1) is 18.2 Å². The molecule has 3 aromatic rings. The highest BCUT2D eigenvalue weighted by Gasteiger charge is 2.23. The maximum absolute atomic E-state index is 13.2. The van der Waals surface area contributed by atoms with Crippen LogP contribution < -0.4 is 4.74 Å². The number of methoxy groups -OCH3 is 1. The number of pyridine rings is 1. The van der Waals surface area contributed by atoms with Gasteiger partial charge in [-0.2, -0.15) is 5.26 Å². The van der Waals surface area contributed by atoms with Crippen LogP contribution in [0.15, 0.2) is 36.5 Å². The number of aromatic nitrogens is 2. The van der Waals surface area contributed by atoms with Gasteiger partial charge < -0.3 is 14.4 Å². The fourth-order valence-electron chi connectivity index (χ4n) is 4.11. The molecule has 0 saturated carbocycles. The minimum atomic E-state index is -0.939. The molecule has 2 aromatic heterocycles. The molecule has 180 valence electrons. The lowest BCUT2D eigenvalue weighted by Gasteiger charge is -2.08. The molecule has 3 rings (SSSR count). The summed E-state index contributed by atoms with van der Waals surface area (Å²) in [5.41, 5.74) is 3.10. The van der Waals surface area contributed by atoms with Crippen molar-refractivity contribution < 1.29 is 19.4 Å². The predicted octanol–water partition coefficient (Wildman–Crippen LogP) is 4.90. The standard InChI is InChI=1S/C28H29N3O4/c1-19(14-26(33)34)13-25(32)27-23-16-21(17-29)18-30-28(23)31(2)24(27)12-7-5-4-6-9-20-10-8-11-22(15-20)35-3/h8,10-11,15-16,18-19H,4-6,9,13-14H2,1-3H3,(H,33,34). The first-order valence-electron chi connectivity index (χ1n) is 11.6. The van der Waals surface area contributed by atoms with Gasteiger partial charge in [-0.1, -0.05) is 25.0 Å². The number of benzene rings is 1. The van der Waals surface area contributed by atoms with E-state index in [0.29, 0.717) is 34.3 Å². The molecule has 7 heteroatoms. The molecular formula is C28H29N3O4. The molecule has 0 aliphatic rings. The molecule has 0 fully saturated rings. The molecule has 1 aromatic carbocycles. The zero-order valence-corrected chi connectivity index (χ0v) is 20.3. The number of rotatable bonds is 10. The molecule has 0 saturated heterocycles. The number of carboxylic acid groups (broad SMARTS) is 1. The molecule has 0 aliphatic carbocycles.